The van der Waals surface area contributed by atoms with Crippen molar-refractivity contribution in [3.05, 3.63) is 58.3 Å². The van der Waals surface area contributed by atoms with Gasteiger partial charge in [0.1, 0.15) is 11.6 Å². The first-order chi connectivity index (χ1) is 9.60. The molecule has 20 heavy (non-hydrogen) atoms. The molecule has 0 aliphatic rings. The second-order valence-electron chi connectivity index (χ2n) is 4.50. The van der Waals surface area contributed by atoms with E-state index in [4.69, 9.17) is 4.74 Å². The molecule has 0 saturated carbocycles. The van der Waals surface area contributed by atoms with Gasteiger partial charge in [-0.2, -0.15) is 0 Å². The molecule has 2 nitrogen and oxygen atoms in total. The molecule has 4 heteroatoms. The summed E-state index contributed by atoms with van der Waals surface area (Å²) in [4.78, 5) is 0. The largest absolute Gasteiger partial charge is 0.494 e. The average molecular weight is 338 g/mol. The van der Waals surface area contributed by atoms with E-state index in [-0.39, 0.29) is 11.9 Å². The van der Waals surface area contributed by atoms with E-state index in [0.29, 0.717) is 11.1 Å². The number of benzene rings is 2. The molecular formula is C16H17BrFNO. The molecule has 1 atom stereocenters. The van der Waals surface area contributed by atoms with Crippen LogP contribution in [-0.4, -0.2) is 6.61 Å². The molecule has 0 aromatic heterocycles. The Labute approximate surface area is 127 Å². The Hall–Kier alpha value is -1.55. The predicted molar refractivity (Wildman–Crippen MR) is 83.7 cm³/mol. The first-order valence-corrected chi connectivity index (χ1v) is 7.33. The van der Waals surface area contributed by atoms with Gasteiger partial charge >= 0.3 is 0 Å². The van der Waals surface area contributed by atoms with Gasteiger partial charge in [-0.1, -0.05) is 6.07 Å². The van der Waals surface area contributed by atoms with Crippen molar-refractivity contribution >= 4 is 21.6 Å². The molecule has 0 fully saturated rings. The second kappa shape index (κ2) is 6.75. The van der Waals surface area contributed by atoms with Gasteiger partial charge in [-0.05, 0) is 71.7 Å². The van der Waals surface area contributed by atoms with E-state index in [1.54, 1.807) is 12.1 Å². The Balaban J connectivity index is 2.06. The summed E-state index contributed by atoms with van der Waals surface area (Å²) in [7, 11) is 0. The SMILES string of the molecule is CCOc1ccc(NC(C)c2ccc(F)c(Br)c2)cc1. The summed E-state index contributed by atoms with van der Waals surface area (Å²) in [5, 5.41) is 3.38. The standard InChI is InChI=1S/C16H17BrFNO/c1-3-20-14-7-5-13(6-8-14)19-11(2)12-4-9-16(18)15(17)10-12/h4-11,19H,3H2,1-2H3. The molecule has 2 rings (SSSR count). The topological polar surface area (TPSA) is 21.3 Å². The molecule has 2 aromatic carbocycles. The summed E-state index contributed by atoms with van der Waals surface area (Å²) in [6.45, 7) is 4.66. The van der Waals surface area contributed by atoms with Crippen molar-refractivity contribution < 1.29 is 9.13 Å². The fourth-order valence-corrected chi connectivity index (χ4v) is 2.33. The number of ether oxygens (including phenoxy) is 1. The van der Waals surface area contributed by atoms with E-state index < -0.39 is 0 Å². The summed E-state index contributed by atoms with van der Waals surface area (Å²) in [5.41, 5.74) is 2.02. The molecule has 0 radical (unpaired) electrons. The van der Waals surface area contributed by atoms with Crippen molar-refractivity contribution in [2.45, 2.75) is 19.9 Å². The molecule has 0 heterocycles. The smallest absolute Gasteiger partial charge is 0.137 e. The Morgan fingerprint density at radius 2 is 1.90 bits per heavy atom. The van der Waals surface area contributed by atoms with Crippen molar-refractivity contribution in [1.82, 2.24) is 0 Å². The van der Waals surface area contributed by atoms with Crippen molar-refractivity contribution in [1.29, 1.82) is 0 Å². The lowest BCUT2D eigenvalue weighted by molar-refractivity contribution is 0.340. The van der Waals surface area contributed by atoms with Gasteiger partial charge in [0.2, 0.25) is 0 Å². The third-order valence-electron chi connectivity index (χ3n) is 2.99. The van der Waals surface area contributed by atoms with Gasteiger partial charge in [0.15, 0.2) is 0 Å². The minimum absolute atomic E-state index is 0.0878. The average Bonchev–Trinajstić information content (AvgIpc) is 2.44. The number of hydrogen-bond acceptors (Lipinski definition) is 2. The Morgan fingerprint density at radius 1 is 1.20 bits per heavy atom. The number of halogens is 2. The van der Waals surface area contributed by atoms with Gasteiger partial charge in [-0.25, -0.2) is 4.39 Å². The van der Waals surface area contributed by atoms with Crippen LogP contribution < -0.4 is 10.1 Å². The van der Waals surface area contributed by atoms with Gasteiger partial charge in [0.25, 0.3) is 0 Å². The predicted octanol–water partition coefficient (Wildman–Crippen LogP) is 5.16. The van der Waals surface area contributed by atoms with Crippen LogP contribution in [0.15, 0.2) is 46.9 Å². The normalized spacial score (nSPS) is 12.0. The monoisotopic (exact) mass is 337 g/mol. The molecule has 1 unspecified atom stereocenters. The number of anilines is 1. The molecule has 0 bridgehead atoms. The highest BCUT2D eigenvalue weighted by Gasteiger charge is 2.08. The molecule has 0 aliphatic heterocycles. The van der Waals surface area contributed by atoms with Gasteiger partial charge in [0, 0.05) is 11.7 Å². The highest BCUT2D eigenvalue weighted by atomic mass is 79.9. The van der Waals surface area contributed by atoms with Crippen LogP contribution in [0.4, 0.5) is 10.1 Å². The van der Waals surface area contributed by atoms with Crippen molar-refractivity contribution in [2.75, 3.05) is 11.9 Å². The minimum atomic E-state index is -0.248. The van der Waals surface area contributed by atoms with Gasteiger partial charge in [0.05, 0.1) is 11.1 Å². The van der Waals surface area contributed by atoms with Gasteiger partial charge in [-0.15, -0.1) is 0 Å². The molecule has 0 saturated heterocycles. The highest BCUT2D eigenvalue weighted by molar-refractivity contribution is 9.10. The fourth-order valence-electron chi connectivity index (χ4n) is 1.93. The summed E-state index contributed by atoms with van der Waals surface area (Å²) in [6.07, 6.45) is 0. The first kappa shape index (κ1) is 14.9. The highest BCUT2D eigenvalue weighted by Crippen LogP contribution is 2.25. The molecule has 106 valence electrons. The van der Waals surface area contributed by atoms with E-state index in [2.05, 4.69) is 21.2 Å². The first-order valence-electron chi connectivity index (χ1n) is 6.54. The summed E-state index contributed by atoms with van der Waals surface area (Å²) >= 11 is 3.21. The Kier molecular flexibility index (Phi) is 5.01. The van der Waals surface area contributed by atoms with Crippen LogP contribution >= 0.6 is 15.9 Å². The third-order valence-corrected chi connectivity index (χ3v) is 3.60. The molecular weight excluding hydrogens is 321 g/mol. The van der Waals surface area contributed by atoms with Crippen molar-refractivity contribution in [3.63, 3.8) is 0 Å². The zero-order valence-corrected chi connectivity index (χ0v) is 13.1. The van der Waals surface area contributed by atoms with Crippen LogP contribution in [0.2, 0.25) is 0 Å². The van der Waals surface area contributed by atoms with E-state index in [9.17, 15) is 4.39 Å². The maximum atomic E-state index is 13.2. The van der Waals surface area contributed by atoms with Gasteiger partial charge in [-0.3, -0.25) is 0 Å². The fraction of sp³-hybridized carbons (Fsp3) is 0.250. The lowest BCUT2D eigenvalue weighted by Crippen LogP contribution is -2.06. The molecule has 0 aliphatic carbocycles. The number of hydrogen-bond donors (Lipinski definition) is 1. The molecule has 2 aromatic rings. The van der Waals surface area contributed by atoms with E-state index in [0.717, 1.165) is 17.0 Å². The summed E-state index contributed by atoms with van der Waals surface area (Å²) in [5.74, 6) is 0.609. The zero-order chi connectivity index (χ0) is 14.5. The van der Waals surface area contributed by atoms with Crippen molar-refractivity contribution in [2.24, 2.45) is 0 Å². The van der Waals surface area contributed by atoms with Crippen LogP contribution in [0.25, 0.3) is 0 Å². The lowest BCUT2D eigenvalue weighted by Gasteiger charge is -2.16. The van der Waals surface area contributed by atoms with E-state index >= 15 is 0 Å². The Bertz CT molecular complexity index is 571. The quantitative estimate of drug-likeness (QED) is 0.813. The van der Waals surface area contributed by atoms with Crippen LogP contribution in [-0.2, 0) is 0 Å². The minimum Gasteiger partial charge on any atom is -0.494 e. The second-order valence-corrected chi connectivity index (χ2v) is 5.35. The molecule has 0 spiro atoms. The molecule has 0 amide bonds. The molecule has 1 N–H and O–H groups in total. The van der Waals surface area contributed by atoms with Crippen LogP contribution in [0.3, 0.4) is 0 Å². The van der Waals surface area contributed by atoms with E-state index in [1.807, 2.05) is 38.1 Å². The van der Waals surface area contributed by atoms with Crippen LogP contribution in [0, 0.1) is 5.82 Å². The number of nitrogens with one attached hydrogen (secondary N) is 1. The maximum Gasteiger partial charge on any atom is 0.137 e. The van der Waals surface area contributed by atoms with Crippen LogP contribution in [0.5, 0.6) is 5.75 Å². The van der Waals surface area contributed by atoms with Crippen LogP contribution in [0.1, 0.15) is 25.5 Å². The third kappa shape index (κ3) is 3.73. The summed E-state index contributed by atoms with van der Waals surface area (Å²) < 4.78 is 19.1. The summed E-state index contributed by atoms with van der Waals surface area (Å²) in [6, 6.07) is 12.9. The maximum absolute atomic E-state index is 13.2. The number of rotatable bonds is 5. The lowest BCUT2D eigenvalue weighted by atomic mass is 10.1. The zero-order valence-electron chi connectivity index (χ0n) is 11.5. The van der Waals surface area contributed by atoms with Crippen molar-refractivity contribution in [3.8, 4) is 5.75 Å². The van der Waals surface area contributed by atoms with E-state index in [1.165, 1.54) is 6.07 Å². The Morgan fingerprint density at radius 3 is 2.50 bits per heavy atom. The van der Waals surface area contributed by atoms with Gasteiger partial charge < -0.3 is 10.1 Å².